The van der Waals surface area contributed by atoms with Crippen LogP contribution in [0.15, 0.2) is 48.5 Å². The van der Waals surface area contributed by atoms with E-state index in [0.717, 1.165) is 22.3 Å². The molecule has 0 aromatic heterocycles. The van der Waals surface area contributed by atoms with Crippen LogP contribution in [0.5, 0.6) is 0 Å². The average Bonchev–Trinajstić information content (AvgIpc) is 3.43. The highest BCUT2D eigenvalue weighted by Crippen LogP contribution is 2.44. The van der Waals surface area contributed by atoms with Crippen LogP contribution in [-0.2, 0) is 19.1 Å². The van der Waals surface area contributed by atoms with Crippen molar-refractivity contribution >= 4 is 18.0 Å². The number of amides is 2. The first-order valence-electron chi connectivity index (χ1n) is 12.1. The van der Waals surface area contributed by atoms with E-state index in [-0.39, 0.29) is 37.3 Å². The van der Waals surface area contributed by atoms with Gasteiger partial charge in [-0.3, -0.25) is 9.59 Å². The Hall–Kier alpha value is -3.39. The molecule has 1 aliphatic carbocycles. The second kappa shape index (κ2) is 10.9. The van der Waals surface area contributed by atoms with Gasteiger partial charge in [0.05, 0.1) is 19.3 Å². The van der Waals surface area contributed by atoms with E-state index in [0.29, 0.717) is 19.1 Å². The summed E-state index contributed by atoms with van der Waals surface area (Å²) in [7, 11) is 0. The molecule has 3 N–H and O–H groups in total. The zero-order chi connectivity index (χ0) is 24.9. The Kier molecular flexibility index (Phi) is 7.70. The first-order valence-corrected chi connectivity index (χ1v) is 12.1. The zero-order valence-corrected chi connectivity index (χ0v) is 20.0. The first-order chi connectivity index (χ1) is 16.8. The summed E-state index contributed by atoms with van der Waals surface area (Å²) < 4.78 is 11.1. The van der Waals surface area contributed by atoms with Gasteiger partial charge in [0, 0.05) is 18.3 Å². The molecule has 1 saturated heterocycles. The topological polar surface area (TPSA) is 114 Å². The van der Waals surface area contributed by atoms with Crippen molar-refractivity contribution in [2.75, 3.05) is 19.8 Å². The van der Waals surface area contributed by atoms with Crippen LogP contribution in [0.4, 0.5) is 4.79 Å². The van der Waals surface area contributed by atoms with Crippen molar-refractivity contribution in [1.82, 2.24) is 10.6 Å². The van der Waals surface area contributed by atoms with Crippen LogP contribution in [-0.4, -0.2) is 55.0 Å². The molecule has 1 fully saturated rings. The number of ether oxygens (including phenoxy) is 2. The molecule has 1 heterocycles. The van der Waals surface area contributed by atoms with Gasteiger partial charge in [0.1, 0.15) is 12.6 Å². The fraction of sp³-hybridized carbons (Fsp3) is 0.444. The molecule has 4 rings (SSSR count). The fourth-order valence-electron chi connectivity index (χ4n) is 4.98. The number of rotatable bonds is 9. The molecule has 0 saturated carbocycles. The predicted octanol–water partition coefficient (Wildman–Crippen LogP) is 3.55. The lowest BCUT2D eigenvalue weighted by Crippen LogP contribution is -2.52. The first kappa shape index (κ1) is 24.7. The van der Waals surface area contributed by atoms with Crippen molar-refractivity contribution in [2.24, 2.45) is 11.8 Å². The average molecular weight is 481 g/mol. The fourth-order valence-corrected chi connectivity index (χ4v) is 4.98. The number of benzene rings is 2. The Bertz CT molecular complexity index is 1040. The molecular formula is C27H32N2O6. The quantitative estimate of drug-likeness (QED) is 0.506. The number of hydrogen-bond donors (Lipinski definition) is 3. The van der Waals surface area contributed by atoms with Crippen molar-refractivity contribution in [1.29, 1.82) is 0 Å². The van der Waals surface area contributed by atoms with E-state index in [9.17, 15) is 14.4 Å². The number of hydrogen-bond acceptors (Lipinski definition) is 5. The third kappa shape index (κ3) is 5.65. The van der Waals surface area contributed by atoms with E-state index in [1.54, 1.807) is 0 Å². The lowest BCUT2D eigenvalue weighted by molar-refractivity contribution is -0.137. The van der Waals surface area contributed by atoms with Crippen molar-refractivity contribution in [2.45, 2.75) is 44.7 Å². The maximum Gasteiger partial charge on any atom is 0.407 e. The monoisotopic (exact) mass is 480 g/mol. The van der Waals surface area contributed by atoms with Gasteiger partial charge in [-0.2, -0.15) is 0 Å². The molecule has 0 spiro atoms. The van der Waals surface area contributed by atoms with Gasteiger partial charge in [0.2, 0.25) is 5.91 Å². The third-order valence-corrected chi connectivity index (χ3v) is 6.91. The number of carbonyl (C=O) groups excluding carboxylic acids is 2. The number of carbonyl (C=O) groups is 3. The van der Waals surface area contributed by atoms with Crippen LogP contribution >= 0.6 is 0 Å². The van der Waals surface area contributed by atoms with E-state index in [4.69, 9.17) is 14.6 Å². The van der Waals surface area contributed by atoms with Crippen molar-refractivity contribution < 1.29 is 29.0 Å². The molecule has 35 heavy (non-hydrogen) atoms. The number of carboxylic acids is 1. The van der Waals surface area contributed by atoms with Gasteiger partial charge in [0.25, 0.3) is 0 Å². The smallest absolute Gasteiger partial charge is 0.407 e. The highest BCUT2D eigenvalue weighted by molar-refractivity contribution is 5.86. The molecule has 3 atom stereocenters. The Morgan fingerprint density at radius 1 is 1.03 bits per heavy atom. The van der Waals surface area contributed by atoms with Gasteiger partial charge in [-0.15, -0.1) is 0 Å². The molecule has 3 unspecified atom stereocenters. The molecule has 8 nitrogen and oxygen atoms in total. The maximum absolute atomic E-state index is 13.0. The molecule has 0 bridgehead atoms. The highest BCUT2D eigenvalue weighted by atomic mass is 16.5. The second-order valence-corrected chi connectivity index (χ2v) is 9.52. The largest absolute Gasteiger partial charge is 0.481 e. The van der Waals surface area contributed by atoms with Gasteiger partial charge in [-0.1, -0.05) is 62.4 Å². The zero-order valence-electron chi connectivity index (χ0n) is 20.0. The molecule has 0 radical (unpaired) electrons. The summed E-state index contributed by atoms with van der Waals surface area (Å²) in [5.41, 5.74) is 4.41. The van der Waals surface area contributed by atoms with E-state index in [1.165, 1.54) is 0 Å². The summed E-state index contributed by atoms with van der Waals surface area (Å²) in [5.74, 6) is -1.10. The minimum atomic E-state index is -1.04. The number of nitrogens with one attached hydrogen (secondary N) is 2. The van der Waals surface area contributed by atoms with Crippen LogP contribution in [0.25, 0.3) is 11.1 Å². The lowest BCUT2D eigenvalue weighted by atomic mass is 9.91. The van der Waals surface area contributed by atoms with Gasteiger partial charge in [-0.25, -0.2) is 4.79 Å². The minimum Gasteiger partial charge on any atom is -0.481 e. The van der Waals surface area contributed by atoms with Gasteiger partial charge in [0.15, 0.2) is 0 Å². The Morgan fingerprint density at radius 2 is 1.66 bits per heavy atom. The van der Waals surface area contributed by atoms with Crippen LogP contribution in [0.3, 0.4) is 0 Å². The van der Waals surface area contributed by atoms with Crippen molar-refractivity contribution in [3.05, 3.63) is 59.7 Å². The maximum atomic E-state index is 13.0. The van der Waals surface area contributed by atoms with E-state index in [1.807, 2.05) is 36.4 Å². The summed E-state index contributed by atoms with van der Waals surface area (Å²) in [6.07, 6.45) is -1.04. The number of fused-ring (bicyclic) bond motifs is 3. The summed E-state index contributed by atoms with van der Waals surface area (Å²) in [6.45, 7) is 5.19. The van der Waals surface area contributed by atoms with E-state index < -0.39 is 24.0 Å². The Balaban J connectivity index is 1.40. The Morgan fingerprint density at radius 3 is 2.26 bits per heavy atom. The normalized spacial score (nSPS) is 19.6. The SMILES string of the molecule is CC(C)C1COCC1NC(=O)C(CCC(=O)O)NC(=O)OCC1c2ccccc2-c2ccccc21. The number of alkyl carbamates (subject to hydrolysis) is 1. The molecule has 8 heteroatoms. The lowest BCUT2D eigenvalue weighted by Gasteiger charge is -2.25. The molecule has 2 aromatic rings. The van der Waals surface area contributed by atoms with Gasteiger partial charge in [-0.05, 0) is 34.6 Å². The minimum absolute atomic E-state index is 0.0364. The number of carboxylic acid groups (broad SMARTS) is 1. The molecule has 2 aliphatic rings. The summed E-state index contributed by atoms with van der Waals surface area (Å²) >= 11 is 0. The third-order valence-electron chi connectivity index (χ3n) is 6.91. The number of aliphatic carboxylic acids is 1. The van der Waals surface area contributed by atoms with Gasteiger partial charge < -0.3 is 25.2 Å². The standard InChI is InChI=1S/C27H32N2O6/c1-16(2)21-13-34-15-24(21)28-26(32)23(11-12-25(30)31)29-27(33)35-14-22-19-9-5-3-7-17(19)18-8-4-6-10-20(18)22/h3-10,16,21-24H,11-15H2,1-2H3,(H,28,32)(H,29,33)(H,30,31). The highest BCUT2D eigenvalue weighted by Gasteiger charge is 2.34. The predicted molar refractivity (Wildman–Crippen MR) is 130 cm³/mol. The molecule has 2 amide bonds. The van der Waals surface area contributed by atoms with Crippen LogP contribution in [0, 0.1) is 11.8 Å². The Labute approximate surface area is 205 Å². The van der Waals surface area contributed by atoms with Crippen LogP contribution in [0.1, 0.15) is 43.7 Å². The molecule has 186 valence electrons. The van der Waals surface area contributed by atoms with Crippen molar-refractivity contribution in [3.63, 3.8) is 0 Å². The summed E-state index contributed by atoms with van der Waals surface area (Å²) in [4.78, 5) is 36.8. The van der Waals surface area contributed by atoms with Crippen LogP contribution in [0.2, 0.25) is 0 Å². The van der Waals surface area contributed by atoms with Gasteiger partial charge >= 0.3 is 12.1 Å². The van der Waals surface area contributed by atoms with E-state index in [2.05, 4.69) is 36.6 Å². The second-order valence-electron chi connectivity index (χ2n) is 9.52. The summed E-state index contributed by atoms with van der Waals surface area (Å²) in [5, 5.41) is 14.6. The van der Waals surface area contributed by atoms with E-state index >= 15 is 0 Å². The molecular weight excluding hydrogens is 448 g/mol. The van der Waals surface area contributed by atoms with Crippen molar-refractivity contribution in [3.8, 4) is 11.1 Å². The molecule has 2 aromatic carbocycles. The molecule has 1 aliphatic heterocycles. The summed E-state index contributed by atoms with van der Waals surface area (Å²) in [6, 6.07) is 14.8. The van der Waals surface area contributed by atoms with Crippen LogP contribution < -0.4 is 10.6 Å².